The summed E-state index contributed by atoms with van der Waals surface area (Å²) in [5.41, 5.74) is 1.21. The van der Waals surface area contributed by atoms with Gasteiger partial charge in [0.25, 0.3) is 0 Å². The number of benzene rings is 1. The van der Waals surface area contributed by atoms with Crippen molar-refractivity contribution in [2.75, 3.05) is 7.11 Å². The second kappa shape index (κ2) is 10.2. The molecule has 0 aliphatic carbocycles. The van der Waals surface area contributed by atoms with Gasteiger partial charge in [-0.05, 0) is 25.0 Å². The summed E-state index contributed by atoms with van der Waals surface area (Å²) in [5, 5.41) is 0. The number of esters is 1. The Balaban J connectivity index is 2.37. The van der Waals surface area contributed by atoms with Crippen molar-refractivity contribution in [2.45, 2.75) is 51.9 Å². The molecule has 1 aromatic carbocycles. The number of nitrogens with zero attached hydrogens (tertiary/aromatic N) is 1. The van der Waals surface area contributed by atoms with Crippen molar-refractivity contribution in [3.05, 3.63) is 29.8 Å². The smallest absolute Gasteiger partial charge is 0.340 e. The van der Waals surface area contributed by atoms with Crippen molar-refractivity contribution < 1.29 is 9.53 Å². The number of hydrogen-bond acceptors (Lipinski definition) is 3. The van der Waals surface area contributed by atoms with E-state index >= 15 is 0 Å². The number of aliphatic imine (C=N–C) groups is 1. The van der Waals surface area contributed by atoms with Crippen LogP contribution in [0.4, 0.5) is 5.69 Å². The average Bonchev–Trinajstić information content (AvgIpc) is 2.49. The topological polar surface area (TPSA) is 38.7 Å². The summed E-state index contributed by atoms with van der Waals surface area (Å²) in [6.07, 6.45) is 10.5. The molecule has 0 spiro atoms. The van der Waals surface area contributed by atoms with Crippen LogP contribution in [-0.4, -0.2) is 19.3 Å². The molecule has 0 atom stereocenters. The van der Waals surface area contributed by atoms with Crippen LogP contribution in [0, 0.1) is 0 Å². The number of unbranched alkanes of at least 4 members (excludes halogenated alkanes) is 6. The Morgan fingerprint density at radius 3 is 2.60 bits per heavy atom. The molecule has 3 heteroatoms. The monoisotopic (exact) mass is 275 g/mol. The minimum atomic E-state index is -0.336. The molecule has 0 fully saturated rings. The van der Waals surface area contributed by atoms with Gasteiger partial charge in [0.05, 0.1) is 18.4 Å². The minimum Gasteiger partial charge on any atom is -0.465 e. The third-order valence-corrected chi connectivity index (χ3v) is 3.23. The van der Waals surface area contributed by atoms with Gasteiger partial charge in [-0.3, -0.25) is 4.99 Å². The largest absolute Gasteiger partial charge is 0.465 e. The van der Waals surface area contributed by atoms with Crippen molar-refractivity contribution in [1.82, 2.24) is 0 Å². The van der Waals surface area contributed by atoms with Gasteiger partial charge in [-0.25, -0.2) is 4.79 Å². The summed E-state index contributed by atoms with van der Waals surface area (Å²) in [6, 6.07) is 7.27. The highest BCUT2D eigenvalue weighted by Gasteiger charge is 2.09. The fraction of sp³-hybridized carbons (Fsp3) is 0.529. The second-order valence-corrected chi connectivity index (χ2v) is 4.88. The second-order valence-electron chi connectivity index (χ2n) is 4.88. The fourth-order valence-corrected chi connectivity index (χ4v) is 2.05. The van der Waals surface area contributed by atoms with Gasteiger partial charge >= 0.3 is 5.97 Å². The van der Waals surface area contributed by atoms with Crippen LogP contribution < -0.4 is 0 Å². The first-order valence-electron chi connectivity index (χ1n) is 7.49. The summed E-state index contributed by atoms with van der Waals surface area (Å²) in [4.78, 5) is 16.0. The van der Waals surface area contributed by atoms with Crippen LogP contribution in [0.3, 0.4) is 0 Å². The molecule has 3 nitrogen and oxygen atoms in total. The number of methoxy groups -OCH3 is 1. The zero-order valence-corrected chi connectivity index (χ0v) is 12.6. The maximum absolute atomic E-state index is 11.6. The van der Waals surface area contributed by atoms with Crippen molar-refractivity contribution in [3.8, 4) is 0 Å². The van der Waals surface area contributed by atoms with E-state index < -0.39 is 0 Å². The van der Waals surface area contributed by atoms with Gasteiger partial charge in [-0.2, -0.15) is 0 Å². The van der Waals surface area contributed by atoms with E-state index in [-0.39, 0.29) is 5.97 Å². The summed E-state index contributed by atoms with van der Waals surface area (Å²) >= 11 is 0. The number of rotatable bonds is 9. The zero-order valence-electron chi connectivity index (χ0n) is 12.6. The molecule has 20 heavy (non-hydrogen) atoms. The molecule has 0 bridgehead atoms. The number of carbonyl (C=O) groups excluding carboxylic acids is 1. The summed E-state index contributed by atoms with van der Waals surface area (Å²) in [6.45, 7) is 2.23. The minimum absolute atomic E-state index is 0.336. The quantitative estimate of drug-likeness (QED) is 0.364. The van der Waals surface area contributed by atoms with Crippen LogP contribution in [0.15, 0.2) is 29.3 Å². The standard InChI is InChI=1S/C17H25NO2/c1-3-4-5-6-7-8-11-14-18-16-13-10-9-12-15(16)17(19)20-2/h9-10,12-14H,3-8,11H2,1-2H3. The molecule has 110 valence electrons. The van der Waals surface area contributed by atoms with Crippen molar-refractivity contribution in [3.63, 3.8) is 0 Å². The Morgan fingerprint density at radius 2 is 1.85 bits per heavy atom. The average molecular weight is 275 g/mol. The lowest BCUT2D eigenvalue weighted by molar-refractivity contribution is 0.0601. The van der Waals surface area contributed by atoms with Crippen LogP contribution in [0.25, 0.3) is 0 Å². The molecule has 0 saturated heterocycles. The van der Waals surface area contributed by atoms with Crippen molar-refractivity contribution >= 4 is 17.9 Å². The molecule has 1 aromatic rings. The van der Waals surface area contributed by atoms with Gasteiger partial charge < -0.3 is 4.74 Å². The zero-order chi connectivity index (χ0) is 14.6. The number of ether oxygens (including phenoxy) is 1. The van der Waals surface area contributed by atoms with E-state index in [1.165, 1.54) is 39.2 Å². The third kappa shape index (κ3) is 6.00. The molecular formula is C17H25NO2. The Morgan fingerprint density at radius 1 is 1.15 bits per heavy atom. The van der Waals surface area contributed by atoms with E-state index in [2.05, 4.69) is 11.9 Å². The number of para-hydroxylation sites is 1. The Bertz CT molecular complexity index is 427. The van der Waals surface area contributed by atoms with Crippen molar-refractivity contribution in [1.29, 1.82) is 0 Å². The van der Waals surface area contributed by atoms with Gasteiger partial charge in [-0.15, -0.1) is 0 Å². The Kier molecular flexibility index (Phi) is 8.36. The van der Waals surface area contributed by atoms with E-state index in [0.29, 0.717) is 11.3 Å². The molecule has 0 saturated carbocycles. The van der Waals surface area contributed by atoms with Gasteiger partial charge in [0, 0.05) is 6.21 Å². The van der Waals surface area contributed by atoms with Gasteiger partial charge in [0.1, 0.15) is 0 Å². The Hall–Kier alpha value is -1.64. The molecule has 1 rings (SSSR count). The van der Waals surface area contributed by atoms with E-state index in [1.54, 1.807) is 6.07 Å². The normalized spacial score (nSPS) is 10.9. The Labute approximate surface area is 122 Å². The van der Waals surface area contributed by atoms with Gasteiger partial charge in [0.15, 0.2) is 0 Å². The predicted molar refractivity (Wildman–Crippen MR) is 83.9 cm³/mol. The molecule has 0 amide bonds. The lowest BCUT2D eigenvalue weighted by atomic mass is 10.1. The van der Waals surface area contributed by atoms with Gasteiger partial charge in [0.2, 0.25) is 0 Å². The van der Waals surface area contributed by atoms with E-state index in [0.717, 1.165) is 12.8 Å². The van der Waals surface area contributed by atoms with Crippen LogP contribution in [-0.2, 0) is 4.74 Å². The number of hydrogen-bond donors (Lipinski definition) is 0. The fourth-order valence-electron chi connectivity index (χ4n) is 2.05. The van der Waals surface area contributed by atoms with Crippen LogP contribution in [0.2, 0.25) is 0 Å². The molecule has 0 heterocycles. The molecule has 0 N–H and O–H groups in total. The summed E-state index contributed by atoms with van der Waals surface area (Å²) in [7, 11) is 1.39. The van der Waals surface area contributed by atoms with E-state index in [9.17, 15) is 4.79 Å². The molecule has 0 radical (unpaired) electrons. The SMILES string of the molecule is CCCCCCCCC=Nc1ccccc1C(=O)OC. The van der Waals surface area contributed by atoms with Crippen LogP contribution in [0.1, 0.15) is 62.2 Å². The molecule has 0 unspecified atom stereocenters. The lowest BCUT2D eigenvalue weighted by Gasteiger charge is -2.02. The maximum atomic E-state index is 11.6. The molecule has 0 aliphatic rings. The number of carbonyl (C=O) groups is 1. The first kappa shape index (κ1) is 16.4. The first-order chi connectivity index (χ1) is 9.79. The summed E-state index contributed by atoms with van der Waals surface area (Å²) in [5.74, 6) is -0.336. The lowest BCUT2D eigenvalue weighted by Crippen LogP contribution is -2.01. The van der Waals surface area contributed by atoms with E-state index in [1.807, 2.05) is 24.4 Å². The predicted octanol–water partition coefficient (Wildman–Crippen LogP) is 4.93. The first-order valence-corrected chi connectivity index (χ1v) is 7.49. The van der Waals surface area contributed by atoms with Crippen molar-refractivity contribution in [2.24, 2.45) is 4.99 Å². The van der Waals surface area contributed by atoms with Gasteiger partial charge in [-0.1, -0.05) is 51.2 Å². The highest BCUT2D eigenvalue weighted by molar-refractivity contribution is 5.95. The third-order valence-electron chi connectivity index (χ3n) is 3.23. The van der Waals surface area contributed by atoms with Crippen LogP contribution >= 0.6 is 0 Å². The van der Waals surface area contributed by atoms with E-state index in [4.69, 9.17) is 4.74 Å². The molecular weight excluding hydrogens is 250 g/mol. The highest BCUT2D eigenvalue weighted by atomic mass is 16.5. The molecule has 0 aromatic heterocycles. The molecule has 0 aliphatic heterocycles. The highest BCUT2D eigenvalue weighted by Crippen LogP contribution is 2.19. The summed E-state index contributed by atoms with van der Waals surface area (Å²) < 4.78 is 4.75. The maximum Gasteiger partial charge on any atom is 0.340 e. The van der Waals surface area contributed by atoms with Crippen LogP contribution in [0.5, 0.6) is 0 Å².